The summed E-state index contributed by atoms with van der Waals surface area (Å²) >= 11 is 0. The second kappa shape index (κ2) is 10.3. The van der Waals surface area contributed by atoms with Gasteiger partial charge in [-0.3, -0.25) is 9.59 Å². The number of rotatable bonds is 5. The van der Waals surface area contributed by atoms with Gasteiger partial charge in [-0.2, -0.15) is 0 Å². The average molecular weight is 438 g/mol. The second-order valence-corrected chi connectivity index (χ2v) is 8.82. The van der Waals surface area contributed by atoms with Crippen molar-refractivity contribution < 1.29 is 19.1 Å². The van der Waals surface area contributed by atoms with Crippen molar-refractivity contribution in [3.63, 3.8) is 0 Å². The fourth-order valence-electron chi connectivity index (χ4n) is 3.70. The Morgan fingerprint density at radius 2 is 1.31 bits per heavy atom. The summed E-state index contributed by atoms with van der Waals surface area (Å²) < 4.78 is 5.16. The number of hydrogen-bond donors (Lipinski definition) is 1. The van der Waals surface area contributed by atoms with Crippen LogP contribution >= 0.6 is 0 Å². The maximum atomic E-state index is 13.5. The second-order valence-electron chi connectivity index (χ2n) is 8.82. The van der Waals surface area contributed by atoms with Gasteiger partial charge in [0.25, 0.3) is 0 Å². The number of ether oxygens (including phenoxy) is 1. The molecule has 0 bridgehead atoms. The van der Waals surface area contributed by atoms with E-state index in [1.54, 1.807) is 25.7 Å². The molecule has 0 aromatic heterocycles. The van der Waals surface area contributed by atoms with E-state index in [9.17, 15) is 14.4 Å². The third-order valence-corrected chi connectivity index (χ3v) is 5.24. The molecule has 0 radical (unpaired) electrons. The van der Waals surface area contributed by atoms with Gasteiger partial charge in [-0.15, -0.1) is 0 Å². The number of nitrogens with zero attached hydrogens (tertiary/aromatic N) is 2. The highest BCUT2D eigenvalue weighted by atomic mass is 16.6. The van der Waals surface area contributed by atoms with Crippen LogP contribution in [0.2, 0.25) is 0 Å². The van der Waals surface area contributed by atoms with Gasteiger partial charge in [0.15, 0.2) is 0 Å². The van der Waals surface area contributed by atoms with Gasteiger partial charge in [0.1, 0.15) is 12.1 Å². The number of piperazine rings is 1. The average Bonchev–Trinajstić information content (AvgIpc) is 2.78. The normalized spacial score (nSPS) is 14.2. The summed E-state index contributed by atoms with van der Waals surface area (Å²) in [7, 11) is 0. The predicted octanol–water partition coefficient (Wildman–Crippen LogP) is 3.01. The quantitative estimate of drug-likeness (QED) is 0.780. The SMILES string of the molecule is CC(C)(C)OC(=O)NCC(=O)N1CCN(C(=O)C(c2ccccc2)c2ccccc2)CC1. The lowest BCUT2D eigenvalue weighted by Crippen LogP contribution is -2.53. The van der Waals surface area contributed by atoms with E-state index in [2.05, 4.69) is 5.32 Å². The van der Waals surface area contributed by atoms with Crippen molar-refractivity contribution in [3.05, 3.63) is 71.8 Å². The van der Waals surface area contributed by atoms with Crippen LogP contribution in [-0.2, 0) is 14.3 Å². The van der Waals surface area contributed by atoms with E-state index in [0.717, 1.165) is 11.1 Å². The van der Waals surface area contributed by atoms with Crippen molar-refractivity contribution in [1.82, 2.24) is 15.1 Å². The van der Waals surface area contributed by atoms with Crippen molar-refractivity contribution in [3.8, 4) is 0 Å². The van der Waals surface area contributed by atoms with E-state index in [1.807, 2.05) is 65.6 Å². The fourth-order valence-corrected chi connectivity index (χ4v) is 3.70. The Bertz CT molecular complexity index is 878. The topological polar surface area (TPSA) is 79.0 Å². The zero-order valence-corrected chi connectivity index (χ0v) is 18.9. The first-order valence-corrected chi connectivity index (χ1v) is 10.9. The predicted molar refractivity (Wildman–Crippen MR) is 122 cm³/mol. The van der Waals surface area contributed by atoms with Crippen LogP contribution in [0.1, 0.15) is 37.8 Å². The van der Waals surface area contributed by atoms with Crippen molar-refractivity contribution in [2.75, 3.05) is 32.7 Å². The molecular formula is C25H31N3O4. The molecule has 2 aromatic rings. The van der Waals surface area contributed by atoms with E-state index >= 15 is 0 Å². The van der Waals surface area contributed by atoms with E-state index in [-0.39, 0.29) is 24.3 Å². The molecule has 0 atom stereocenters. The van der Waals surface area contributed by atoms with E-state index in [0.29, 0.717) is 26.2 Å². The Morgan fingerprint density at radius 1 is 0.844 bits per heavy atom. The molecule has 1 heterocycles. The van der Waals surface area contributed by atoms with Gasteiger partial charge < -0.3 is 19.9 Å². The maximum absolute atomic E-state index is 13.5. The molecule has 1 aliphatic heterocycles. The van der Waals surface area contributed by atoms with Gasteiger partial charge in [-0.05, 0) is 31.9 Å². The highest BCUT2D eigenvalue weighted by molar-refractivity contribution is 5.88. The number of nitrogens with one attached hydrogen (secondary N) is 1. The van der Waals surface area contributed by atoms with Crippen molar-refractivity contribution >= 4 is 17.9 Å². The van der Waals surface area contributed by atoms with Crippen LogP contribution < -0.4 is 5.32 Å². The molecule has 3 amide bonds. The lowest BCUT2D eigenvalue weighted by Gasteiger charge is -2.36. The summed E-state index contributed by atoms with van der Waals surface area (Å²) in [6.07, 6.45) is -0.617. The lowest BCUT2D eigenvalue weighted by atomic mass is 9.90. The molecule has 7 heteroatoms. The number of hydrogen-bond acceptors (Lipinski definition) is 4. The summed E-state index contributed by atoms with van der Waals surface area (Å²) in [6, 6.07) is 19.5. The zero-order valence-electron chi connectivity index (χ0n) is 18.9. The Kier molecular flexibility index (Phi) is 7.51. The number of carbonyl (C=O) groups excluding carboxylic acids is 3. The van der Waals surface area contributed by atoms with Gasteiger partial charge in [0.2, 0.25) is 11.8 Å². The molecule has 0 saturated carbocycles. The molecule has 1 fully saturated rings. The van der Waals surface area contributed by atoms with E-state index < -0.39 is 11.7 Å². The summed E-state index contributed by atoms with van der Waals surface area (Å²) in [5.74, 6) is -0.541. The highest BCUT2D eigenvalue weighted by Crippen LogP contribution is 2.27. The first-order valence-electron chi connectivity index (χ1n) is 10.9. The van der Waals surface area contributed by atoms with Gasteiger partial charge in [-0.25, -0.2) is 4.79 Å². The third-order valence-electron chi connectivity index (χ3n) is 5.24. The summed E-state index contributed by atoms with van der Waals surface area (Å²) in [6.45, 7) is 6.93. The molecule has 32 heavy (non-hydrogen) atoms. The first kappa shape index (κ1) is 23.3. The summed E-state index contributed by atoms with van der Waals surface area (Å²) in [5.41, 5.74) is 1.28. The fraction of sp³-hybridized carbons (Fsp3) is 0.400. The number of amides is 3. The largest absolute Gasteiger partial charge is 0.444 e. The molecule has 2 aromatic carbocycles. The van der Waals surface area contributed by atoms with Gasteiger partial charge in [0, 0.05) is 26.2 Å². The van der Waals surface area contributed by atoms with Crippen LogP contribution in [0, 0.1) is 0 Å². The molecule has 3 rings (SSSR count). The molecular weight excluding hydrogens is 406 g/mol. The Hall–Kier alpha value is -3.35. The zero-order chi connectivity index (χ0) is 23.1. The monoisotopic (exact) mass is 437 g/mol. The molecule has 0 unspecified atom stereocenters. The van der Waals surface area contributed by atoms with Gasteiger partial charge in [-0.1, -0.05) is 60.7 Å². The van der Waals surface area contributed by atoms with Crippen LogP contribution in [0.5, 0.6) is 0 Å². The lowest BCUT2D eigenvalue weighted by molar-refractivity contribution is -0.139. The molecule has 0 spiro atoms. The minimum atomic E-state index is -0.618. The van der Waals surface area contributed by atoms with Crippen LogP contribution in [0.15, 0.2) is 60.7 Å². The van der Waals surface area contributed by atoms with Crippen LogP contribution in [0.4, 0.5) is 4.79 Å². The minimum absolute atomic E-state index is 0.0291. The molecule has 170 valence electrons. The third kappa shape index (κ3) is 6.33. The summed E-state index contributed by atoms with van der Waals surface area (Å²) in [5, 5.41) is 2.50. The maximum Gasteiger partial charge on any atom is 0.408 e. The molecule has 0 aliphatic carbocycles. The molecule has 1 aliphatic rings. The van der Waals surface area contributed by atoms with Gasteiger partial charge in [0.05, 0.1) is 5.92 Å². The van der Waals surface area contributed by atoms with Crippen molar-refractivity contribution in [2.24, 2.45) is 0 Å². The Morgan fingerprint density at radius 3 is 1.78 bits per heavy atom. The molecule has 1 saturated heterocycles. The van der Waals surface area contributed by atoms with E-state index in [4.69, 9.17) is 4.74 Å². The van der Waals surface area contributed by atoms with E-state index in [1.165, 1.54) is 0 Å². The minimum Gasteiger partial charge on any atom is -0.444 e. The molecule has 1 N–H and O–H groups in total. The van der Waals surface area contributed by atoms with Gasteiger partial charge >= 0.3 is 6.09 Å². The first-order chi connectivity index (χ1) is 15.2. The van der Waals surface area contributed by atoms with Crippen LogP contribution in [-0.4, -0.2) is 66.0 Å². The number of carbonyl (C=O) groups is 3. The standard InChI is InChI=1S/C25H31N3O4/c1-25(2,3)32-24(31)26-18-21(29)27-14-16-28(17-15-27)23(30)22(19-10-6-4-7-11-19)20-12-8-5-9-13-20/h4-13,22H,14-18H2,1-3H3,(H,26,31). The van der Waals surface area contributed by atoms with Crippen LogP contribution in [0.3, 0.4) is 0 Å². The molecule has 7 nitrogen and oxygen atoms in total. The Labute approximate surface area is 189 Å². The highest BCUT2D eigenvalue weighted by Gasteiger charge is 2.31. The number of benzene rings is 2. The smallest absolute Gasteiger partial charge is 0.408 e. The number of alkyl carbamates (subject to hydrolysis) is 1. The Balaban J connectivity index is 1.59. The van der Waals surface area contributed by atoms with Crippen molar-refractivity contribution in [1.29, 1.82) is 0 Å². The summed E-state index contributed by atoms with van der Waals surface area (Å²) in [4.78, 5) is 41.2. The van der Waals surface area contributed by atoms with Crippen molar-refractivity contribution in [2.45, 2.75) is 32.3 Å². The van der Waals surface area contributed by atoms with Crippen LogP contribution in [0.25, 0.3) is 0 Å².